The molecule has 2 atom stereocenters. The van der Waals surface area contributed by atoms with Crippen LogP contribution in [0.4, 0.5) is 0 Å². The van der Waals surface area contributed by atoms with Crippen LogP contribution in [0.25, 0.3) is 10.9 Å². The SMILES string of the molecule is O=C(C1Cc2c([nH]c3ccccc23)CN1)N1CCC[C@H]1B(O)O. The minimum Gasteiger partial charge on any atom is -0.426 e. The van der Waals surface area contributed by atoms with Gasteiger partial charge in [-0.05, 0) is 30.9 Å². The Hall–Kier alpha value is -1.83. The minimum atomic E-state index is -1.46. The molecule has 0 aliphatic carbocycles. The predicted octanol–water partition coefficient (Wildman–Crippen LogP) is 0.185. The number of likely N-dealkylation sites (tertiary alicyclic amines) is 1. The lowest BCUT2D eigenvalue weighted by Gasteiger charge is -2.31. The molecule has 1 fully saturated rings. The van der Waals surface area contributed by atoms with Gasteiger partial charge >= 0.3 is 7.12 Å². The number of H-pyrrole nitrogens is 1. The molecular formula is C16H20BN3O3. The van der Waals surface area contributed by atoms with Gasteiger partial charge in [0.25, 0.3) is 0 Å². The van der Waals surface area contributed by atoms with Crippen LogP contribution >= 0.6 is 0 Å². The van der Waals surface area contributed by atoms with E-state index >= 15 is 0 Å². The molecule has 1 aromatic carbocycles. The maximum atomic E-state index is 12.8. The van der Waals surface area contributed by atoms with Gasteiger partial charge in [0.05, 0.1) is 12.0 Å². The standard InChI is InChI=1S/C16H20BN3O3/c21-16(20-7-3-6-15(20)17(22)23)13-8-11-10-4-1-2-5-12(10)19-14(11)9-18-13/h1-2,4-5,13,15,18-19,22-23H,3,6-9H2/t13?,15-/m0/s1. The number of nitrogens with zero attached hydrogens (tertiary/aromatic N) is 1. The Morgan fingerprint density at radius 2 is 2.13 bits per heavy atom. The number of nitrogens with one attached hydrogen (secondary N) is 2. The van der Waals surface area contributed by atoms with E-state index in [0.29, 0.717) is 25.9 Å². The number of hydrogen-bond donors (Lipinski definition) is 4. The second-order valence-corrected chi connectivity index (χ2v) is 6.42. The topological polar surface area (TPSA) is 88.6 Å². The fourth-order valence-electron chi connectivity index (χ4n) is 3.89. The Morgan fingerprint density at radius 3 is 2.96 bits per heavy atom. The van der Waals surface area contributed by atoms with E-state index in [0.717, 1.165) is 17.6 Å². The number of aromatic nitrogens is 1. The Kier molecular flexibility index (Phi) is 3.63. The molecule has 1 amide bonds. The second-order valence-electron chi connectivity index (χ2n) is 6.42. The van der Waals surface area contributed by atoms with Gasteiger partial charge < -0.3 is 19.9 Å². The zero-order valence-corrected chi connectivity index (χ0v) is 12.8. The van der Waals surface area contributed by atoms with E-state index in [1.165, 1.54) is 10.9 Å². The first-order valence-corrected chi connectivity index (χ1v) is 8.13. The molecule has 120 valence electrons. The fraction of sp³-hybridized carbons (Fsp3) is 0.438. The first kappa shape index (κ1) is 14.7. The molecule has 0 radical (unpaired) electrons. The average Bonchev–Trinajstić information content (AvgIpc) is 3.18. The van der Waals surface area contributed by atoms with Crippen molar-refractivity contribution in [2.45, 2.75) is 37.8 Å². The number of carbonyl (C=O) groups excluding carboxylic acids is 1. The normalized spacial score (nSPS) is 24.0. The summed E-state index contributed by atoms with van der Waals surface area (Å²) in [6.45, 7) is 1.22. The molecule has 7 heteroatoms. The first-order valence-electron chi connectivity index (χ1n) is 8.13. The van der Waals surface area contributed by atoms with Crippen molar-refractivity contribution < 1.29 is 14.8 Å². The van der Waals surface area contributed by atoms with Crippen molar-refractivity contribution in [1.82, 2.24) is 15.2 Å². The Balaban J connectivity index is 1.59. The fourth-order valence-corrected chi connectivity index (χ4v) is 3.89. The molecule has 4 N–H and O–H groups in total. The molecule has 1 saturated heterocycles. The van der Waals surface area contributed by atoms with Crippen molar-refractivity contribution in [3.63, 3.8) is 0 Å². The molecule has 2 aromatic rings. The van der Waals surface area contributed by atoms with Gasteiger partial charge in [0, 0.05) is 29.7 Å². The van der Waals surface area contributed by atoms with Crippen molar-refractivity contribution in [2.75, 3.05) is 6.54 Å². The van der Waals surface area contributed by atoms with Crippen LogP contribution in [-0.2, 0) is 17.8 Å². The summed E-state index contributed by atoms with van der Waals surface area (Å²) >= 11 is 0. The lowest BCUT2D eigenvalue weighted by Crippen LogP contribution is -2.54. The Morgan fingerprint density at radius 1 is 1.30 bits per heavy atom. The summed E-state index contributed by atoms with van der Waals surface area (Å²) in [6, 6.07) is 7.82. The second kappa shape index (κ2) is 5.67. The van der Waals surface area contributed by atoms with Crippen molar-refractivity contribution in [3.05, 3.63) is 35.5 Å². The number of para-hydroxylation sites is 1. The molecule has 6 nitrogen and oxygen atoms in total. The zero-order chi connectivity index (χ0) is 16.0. The van der Waals surface area contributed by atoms with Gasteiger partial charge in [0.2, 0.25) is 5.91 Å². The monoisotopic (exact) mass is 313 g/mol. The van der Waals surface area contributed by atoms with Crippen molar-refractivity contribution in [1.29, 1.82) is 0 Å². The summed E-state index contributed by atoms with van der Waals surface area (Å²) in [6.07, 6.45) is 2.09. The first-order chi connectivity index (χ1) is 11.1. The van der Waals surface area contributed by atoms with Crippen LogP contribution in [0, 0.1) is 0 Å². The maximum absolute atomic E-state index is 12.8. The van der Waals surface area contributed by atoms with E-state index in [2.05, 4.69) is 16.4 Å². The maximum Gasteiger partial charge on any atom is 0.475 e. The summed E-state index contributed by atoms with van der Waals surface area (Å²) in [5.74, 6) is -0.509. The van der Waals surface area contributed by atoms with Crippen molar-refractivity contribution >= 4 is 23.9 Å². The van der Waals surface area contributed by atoms with Gasteiger partial charge in [0.1, 0.15) is 0 Å². The van der Waals surface area contributed by atoms with Crippen molar-refractivity contribution in [2.24, 2.45) is 0 Å². The minimum absolute atomic E-state index is 0.0310. The largest absolute Gasteiger partial charge is 0.475 e. The molecular weight excluding hydrogens is 293 g/mol. The molecule has 1 aromatic heterocycles. The highest BCUT2D eigenvalue weighted by Gasteiger charge is 2.40. The lowest BCUT2D eigenvalue weighted by molar-refractivity contribution is -0.133. The van der Waals surface area contributed by atoms with E-state index in [-0.39, 0.29) is 11.9 Å². The molecule has 2 aliphatic rings. The van der Waals surface area contributed by atoms with Gasteiger partial charge in [-0.1, -0.05) is 18.2 Å². The molecule has 4 rings (SSSR count). The van der Waals surface area contributed by atoms with E-state index in [1.54, 1.807) is 4.90 Å². The molecule has 23 heavy (non-hydrogen) atoms. The number of aromatic amines is 1. The third-order valence-electron chi connectivity index (χ3n) is 5.06. The third-order valence-corrected chi connectivity index (χ3v) is 5.06. The zero-order valence-electron chi connectivity index (χ0n) is 12.8. The van der Waals surface area contributed by atoms with Gasteiger partial charge in [0.15, 0.2) is 0 Å². The Labute approximate surface area is 134 Å². The van der Waals surface area contributed by atoms with Gasteiger partial charge in [-0.15, -0.1) is 0 Å². The number of amides is 1. The highest BCUT2D eigenvalue weighted by atomic mass is 16.4. The average molecular weight is 313 g/mol. The van der Waals surface area contributed by atoms with Gasteiger partial charge in [-0.3, -0.25) is 10.1 Å². The highest BCUT2D eigenvalue weighted by molar-refractivity contribution is 6.43. The van der Waals surface area contributed by atoms with Crippen molar-refractivity contribution in [3.8, 4) is 0 Å². The number of carbonyl (C=O) groups is 1. The molecule has 0 bridgehead atoms. The molecule has 0 saturated carbocycles. The lowest BCUT2D eigenvalue weighted by atomic mass is 9.77. The highest BCUT2D eigenvalue weighted by Crippen LogP contribution is 2.28. The summed E-state index contributed by atoms with van der Waals surface area (Å²) in [7, 11) is -1.46. The number of hydrogen-bond acceptors (Lipinski definition) is 4. The van der Waals surface area contributed by atoms with E-state index in [1.807, 2.05) is 18.2 Å². The number of benzene rings is 1. The summed E-state index contributed by atoms with van der Waals surface area (Å²) in [4.78, 5) is 17.8. The van der Waals surface area contributed by atoms with Crippen LogP contribution in [0.2, 0.25) is 0 Å². The van der Waals surface area contributed by atoms with E-state index in [9.17, 15) is 14.8 Å². The predicted molar refractivity (Wildman–Crippen MR) is 87.6 cm³/mol. The van der Waals surface area contributed by atoms with Crippen LogP contribution in [0.1, 0.15) is 24.1 Å². The summed E-state index contributed by atoms with van der Waals surface area (Å²) in [5.41, 5.74) is 3.42. The van der Waals surface area contributed by atoms with Crippen LogP contribution in [-0.4, -0.2) is 51.5 Å². The summed E-state index contributed by atoms with van der Waals surface area (Å²) in [5, 5.41) is 23.4. The molecule has 0 spiro atoms. The molecule has 2 aliphatic heterocycles. The van der Waals surface area contributed by atoms with Crippen LogP contribution in [0.3, 0.4) is 0 Å². The van der Waals surface area contributed by atoms with Gasteiger partial charge in [-0.25, -0.2) is 0 Å². The quantitative estimate of drug-likeness (QED) is 0.596. The number of rotatable bonds is 2. The van der Waals surface area contributed by atoms with Crippen LogP contribution < -0.4 is 5.32 Å². The van der Waals surface area contributed by atoms with Crippen LogP contribution in [0.5, 0.6) is 0 Å². The Bertz CT molecular complexity index is 745. The molecule has 3 heterocycles. The smallest absolute Gasteiger partial charge is 0.426 e. The van der Waals surface area contributed by atoms with Crippen LogP contribution in [0.15, 0.2) is 24.3 Å². The summed E-state index contributed by atoms with van der Waals surface area (Å²) < 4.78 is 0. The number of fused-ring (bicyclic) bond motifs is 3. The van der Waals surface area contributed by atoms with Gasteiger partial charge in [-0.2, -0.15) is 0 Å². The van der Waals surface area contributed by atoms with E-state index in [4.69, 9.17) is 0 Å². The molecule has 1 unspecified atom stereocenters. The van der Waals surface area contributed by atoms with E-state index < -0.39 is 13.1 Å². The third kappa shape index (κ3) is 2.45.